The summed E-state index contributed by atoms with van der Waals surface area (Å²) in [5, 5.41) is 9.93. The number of amides is 2. The minimum Gasteiger partial charge on any atom is -0.461 e. The number of carbonyl (C=O) groups is 6. The molecule has 4 fully saturated rings. The predicted molar refractivity (Wildman–Crippen MR) is 364 cm³/mol. The average molecular weight is 1370 g/mol. The summed E-state index contributed by atoms with van der Waals surface area (Å²) in [6.45, 7) is 7.49. The molecule has 2 amide bonds. The first-order valence-electron chi connectivity index (χ1n) is 33.6. The number of nitrogens with one attached hydrogen (secondary N) is 6. The second kappa shape index (κ2) is 29.5. The second-order valence-corrected chi connectivity index (χ2v) is 26.0. The van der Waals surface area contributed by atoms with Gasteiger partial charge in [-0.05, 0) is 158 Å². The predicted octanol–water partition coefficient (Wildman–Crippen LogP) is 12.6. The number of fused-ring (bicyclic) bond motifs is 4. The Hall–Kier alpha value is -10.5. The van der Waals surface area contributed by atoms with Gasteiger partial charge in [-0.25, -0.2) is 27.2 Å². The van der Waals surface area contributed by atoms with Crippen molar-refractivity contribution in [3.63, 3.8) is 0 Å². The Labute approximate surface area is 572 Å². The van der Waals surface area contributed by atoms with Gasteiger partial charge in [0.2, 0.25) is 0 Å². The van der Waals surface area contributed by atoms with E-state index in [-0.39, 0.29) is 87.0 Å². The smallest absolute Gasteiger partial charge is 0.410 e. The number of benzene rings is 6. The van der Waals surface area contributed by atoms with E-state index in [9.17, 15) is 46.3 Å². The highest BCUT2D eigenvalue weighted by molar-refractivity contribution is 5.98. The normalized spacial score (nSPS) is 20.4. The van der Waals surface area contributed by atoms with E-state index in [0.717, 1.165) is 57.5 Å². The second-order valence-electron chi connectivity index (χ2n) is 26.0. The van der Waals surface area contributed by atoms with Crippen molar-refractivity contribution < 1.29 is 74.8 Å². The van der Waals surface area contributed by atoms with E-state index >= 15 is 0 Å². The monoisotopic (exact) mass is 1370 g/mol. The maximum absolute atomic E-state index is 14.9. The number of hydrogen-bond acceptors (Lipinski definition) is 14. The number of ether oxygens (including phenoxy) is 6. The highest BCUT2D eigenvalue weighted by Crippen LogP contribution is 2.42. The summed E-state index contributed by atoms with van der Waals surface area (Å²) in [5.41, 5.74) is 9.62. The molecule has 0 saturated carbocycles. The van der Waals surface area contributed by atoms with Gasteiger partial charge in [0.05, 0.1) is 34.9 Å². The summed E-state index contributed by atoms with van der Waals surface area (Å²) in [6, 6.07) is 35.0. The van der Waals surface area contributed by atoms with Crippen LogP contribution in [0.3, 0.4) is 0 Å². The first-order chi connectivity index (χ1) is 48.3. The largest absolute Gasteiger partial charge is 0.461 e. The summed E-state index contributed by atoms with van der Waals surface area (Å²) in [7, 11) is 0. The Morgan fingerprint density at radius 1 is 0.390 bits per heavy atom. The van der Waals surface area contributed by atoms with E-state index in [4.69, 9.17) is 28.4 Å². The van der Waals surface area contributed by atoms with Crippen molar-refractivity contribution in [2.75, 3.05) is 26.2 Å². The van der Waals surface area contributed by atoms with E-state index in [1.54, 1.807) is 34.1 Å². The van der Waals surface area contributed by atoms with Gasteiger partial charge in [0, 0.05) is 109 Å². The van der Waals surface area contributed by atoms with Gasteiger partial charge >= 0.3 is 36.1 Å². The van der Waals surface area contributed by atoms with Crippen LogP contribution in [0.25, 0.3) is 66.4 Å². The number of nitrogens with zero attached hydrogens (tertiary/aromatic N) is 2. The van der Waals surface area contributed by atoms with Gasteiger partial charge in [0.15, 0.2) is 0 Å². The zero-order valence-corrected chi connectivity index (χ0v) is 55.5. The van der Waals surface area contributed by atoms with Crippen LogP contribution in [0, 0.1) is 23.3 Å². The molecule has 520 valence electrons. The Morgan fingerprint density at radius 2 is 0.690 bits per heavy atom. The Kier molecular flexibility index (Phi) is 20.1. The maximum Gasteiger partial charge on any atom is 0.410 e. The third-order valence-corrected chi connectivity index (χ3v) is 19.3. The maximum atomic E-state index is 14.9. The highest BCUT2D eigenvalue weighted by atomic mass is 19.1. The van der Waals surface area contributed by atoms with Crippen LogP contribution in [0.1, 0.15) is 86.8 Å². The number of aromatic nitrogens is 4. The van der Waals surface area contributed by atoms with Gasteiger partial charge in [0.1, 0.15) is 60.9 Å². The summed E-state index contributed by atoms with van der Waals surface area (Å²) < 4.78 is 92.7. The van der Waals surface area contributed by atoms with Gasteiger partial charge in [0.25, 0.3) is 0 Å². The van der Waals surface area contributed by atoms with E-state index in [1.807, 2.05) is 60.7 Å². The van der Waals surface area contributed by atoms with E-state index in [1.165, 1.54) is 76.2 Å². The summed E-state index contributed by atoms with van der Waals surface area (Å²) in [4.78, 5) is 92.5. The molecule has 6 N–H and O–H groups in total. The van der Waals surface area contributed by atoms with Crippen molar-refractivity contribution in [2.24, 2.45) is 0 Å². The number of esters is 4. The summed E-state index contributed by atoms with van der Waals surface area (Å²) in [5.74, 6) is -3.34. The van der Waals surface area contributed by atoms with Crippen LogP contribution in [-0.2, 0) is 86.5 Å². The quantitative estimate of drug-likeness (QED) is 0.0266. The molecular weight excluding hydrogens is 1290 g/mol. The molecule has 14 rings (SSSR count). The molecule has 0 radical (unpaired) electrons. The number of likely N-dealkylation sites (tertiary alicyclic amines) is 2. The first kappa shape index (κ1) is 68.1. The number of carbonyl (C=O) groups excluding carboxylic acids is 6. The van der Waals surface area contributed by atoms with Gasteiger partial charge < -0.3 is 68.8 Å². The summed E-state index contributed by atoms with van der Waals surface area (Å²) in [6.07, 6.45) is 0.426. The van der Waals surface area contributed by atoms with Crippen molar-refractivity contribution in [1.82, 2.24) is 40.4 Å². The lowest BCUT2D eigenvalue weighted by molar-refractivity contribution is -0.148. The van der Waals surface area contributed by atoms with Gasteiger partial charge in [-0.15, -0.1) is 0 Å². The average Bonchev–Trinajstić information content (AvgIpc) is 1.60. The molecule has 20 nitrogen and oxygen atoms in total. The molecule has 10 aromatic rings. The number of halogens is 4. The molecule has 8 heterocycles. The highest BCUT2D eigenvalue weighted by Gasteiger charge is 2.44. The van der Waals surface area contributed by atoms with Crippen molar-refractivity contribution >= 4 is 79.7 Å². The van der Waals surface area contributed by atoms with Gasteiger partial charge in [-0.3, -0.25) is 19.2 Å². The minimum absolute atomic E-state index is 0.0417. The van der Waals surface area contributed by atoms with E-state index < -0.39 is 60.1 Å². The Bertz CT molecular complexity index is 4410. The Balaban J connectivity index is 0.000000194. The van der Waals surface area contributed by atoms with Gasteiger partial charge in [-0.2, -0.15) is 0 Å². The van der Waals surface area contributed by atoms with Crippen LogP contribution in [0.15, 0.2) is 133 Å². The number of aromatic amines is 4. The van der Waals surface area contributed by atoms with Crippen molar-refractivity contribution in [3.8, 4) is 22.8 Å². The molecule has 0 unspecified atom stereocenters. The lowest BCUT2D eigenvalue weighted by atomic mass is 9.94. The number of rotatable bonds is 18. The lowest BCUT2D eigenvalue weighted by Gasteiger charge is -2.28. The van der Waals surface area contributed by atoms with E-state index in [2.05, 4.69) is 30.6 Å². The zero-order chi connectivity index (χ0) is 69.9. The SMILES string of the molecule is CC(=O)O[C@H]1CCN(C(=O)OCc2ccccc2)[C@@H]1Cc1c(-c2[nH]c3cc(F)ccc3c2C[C@@H]2[C@@H](OC(C)=O)CCN2C(=O)OCc2ccccc2)[nH]c2cc(F)ccc12.CC(=O)O[C@H]1CCN[C@@H]1Cc1c(-c2[nH]c3cc(F)ccc3c2C[C@H]2NCC[C@@H]2OC(C)=O)[nH]c2cc(F)ccc12. The van der Waals surface area contributed by atoms with Crippen molar-refractivity contribution in [1.29, 1.82) is 0 Å². The fourth-order valence-electron chi connectivity index (χ4n) is 15.0. The van der Waals surface area contributed by atoms with Crippen LogP contribution >= 0.6 is 0 Å². The molecule has 24 heteroatoms. The standard InChI is InChI=1S/C46H44F2N4O8.C30H32F2N4O4/c1-27(53)59-41-17-19-51(45(55)57-25-29-9-5-3-6-10-29)39(41)23-35-33-15-13-31(47)21-37(33)49-43(35)44-36(34-16-14-32(48)22-38(34)50-44)24-40-42(60-28(2)54)18-20-52(40)46(56)58-26-30-11-7-4-8-12-30;1-15(37)39-27-7-9-33-25(27)13-21-19-5-3-17(31)11-23(19)35-29(21)30-22(20-6-4-18(32)12-24(20)36-30)14-26-28(8-10-34-26)40-16(2)38/h3-16,21-22,39-42,49-50H,17-20,23-26H2,1-2H3;3-6,11-12,25-28,33-36H,7-10,13-14H2,1-2H3/t39-,40-,41+,42+;25-,26-,27+,28+/m11/s1. The molecule has 8 atom stereocenters. The van der Waals surface area contributed by atoms with Crippen molar-refractivity contribution in [2.45, 2.75) is 141 Å². The molecule has 0 aliphatic carbocycles. The molecule has 0 bridgehead atoms. The zero-order valence-electron chi connectivity index (χ0n) is 55.5. The van der Waals surface area contributed by atoms with Crippen LogP contribution in [0.5, 0.6) is 0 Å². The van der Waals surface area contributed by atoms with Crippen LogP contribution in [0.4, 0.5) is 27.2 Å². The molecule has 4 aliphatic rings. The minimum atomic E-state index is -0.681. The third-order valence-electron chi connectivity index (χ3n) is 19.3. The number of hydrogen-bond donors (Lipinski definition) is 6. The van der Waals surface area contributed by atoms with Gasteiger partial charge in [-0.1, -0.05) is 60.7 Å². The molecular formula is C76H76F4N8O12. The molecule has 4 aliphatic heterocycles. The molecule has 6 aromatic carbocycles. The lowest BCUT2D eigenvalue weighted by Crippen LogP contribution is -2.43. The molecule has 100 heavy (non-hydrogen) atoms. The third kappa shape index (κ3) is 14.9. The fraction of sp³-hybridized carbons (Fsp3) is 0.342. The number of H-pyrrole nitrogens is 4. The van der Waals surface area contributed by atoms with Crippen LogP contribution in [-0.4, -0.2) is 141 Å². The first-order valence-corrected chi connectivity index (χ1v) is 33.6. The molecule has 0 spiro atoms. The molecule has 4 saturated heterocycles. The topological polar surface area (TPSA) is 251 Å². The van der Waals surface area contributed by atoms with E-state index in [0.29, 0.717) is 93.9 Å². The fourth-order valence-corrected chi connectivity index (χ4v) is 15.0. The van der Waals surface area contributed by atoms with Crippen molar-refractivity contribution in [3.05, 3.63) is 190 Å². The summed E-state index contributed by atoms with van der Waals surface area (Å²) >= 11 is 0. The Morgan fingerprint density at radius 3 is 1.00 bits per heavy atom. The van der Waals surface area contributed by atoms with Crippen LogP contribution < -0.4 is 10.6 Å². The molecule has 4 aromatic heterocycles. The van der Waals surface area contributed by atoms with Crippen LogP contribution in [0.2, 0.25) is 0 Å².